The number of nitro groups is 1. The molecule has 10 heteroatoms. The maximum absolute atomic E-state index is 12.8. The standard InChI is InChI=1S/C19H21N3O6S/c1-13-4-3-9-21(12-13)19(24)17-10-14(7-8-18(17)23)20-29(27,28)16-6-2-5-15(11-16)22(25)26/h2,5-8,10-11,13,20,23H,3-4,9,12H2,1H3/t13-/m1/s1. The maximum atomic E-state index is 12.8. The molecule has 1 aliphatic rings. The van der Waals surface area contributed by atoms with Crippen molar-refractivity contribution in [2.45, 2.75) is 24.7 Å². The van der Waals surface area contributed by atoms with Gasteiger partial charge in [0.05, 0.1) is 15.4 Å². The summed E-state index contributed by atoms with van der Waals surface area (Å²) < 4.78 is 27.5. The summed E-state index contributed by atoms with van der Waals surface area (Å²) in [5.41, 5.74) is -0.283. The molecule has 2 aromatic rings. The first-order chi connectivity index (χ1) is 13.7. The number of carbonyl (C=O) groups excluding carboxylic acids is 1. The van der Waals surface area contributed by atoms with E-state index < -0.39 is 14.9 Å². The number of phenolic OH excluding ortho intramolecular Hbond substituents is 1. The number of amides is 1. The summed E-state index contributed by atoms with van der Waals surface area (Å²) in [6, 6.07) is 8.48. The summed E-state index contributed by atoms with van der Waals surface area (Å²) in [4.78, 5) is 24.4. The molecule has 0 aromatic heterocycles. The fourth-order valence-corrected chi connectivity index (χ4v) is 4.38. The van der Waals surface area contributed by atoms with Crippen molar-refractivity contribution >= 4 is 27.3 Å². The van der Waals surface area contributed by atoms with Gasteiger partial charge in [0.2, 0.25) is 0 Å². The van der Waals surface area contributed by atoms with Crippen LogP contribution in [-0.4, -0.2) is 42.3 Å². The Kier molecular flexibility index (Phi) is 5.73. The largest absolute Gasteiger partial charge is 0.507 e. The van der Waals surface area contributed by atoms with Gasteiger partial charge in [0.1, 0.15) is 5.75 Å². The Bertz CT molecular complexity index is 1050. The molecule has 9 nitrogen and oxygen atoms in total. The van der Waals surface area contributed by atoms with Gasteiger partial charge >= 0.3 is 0 Å². The molecule has 0 saturated carbocycles. The van der Waals surface area contributed by atoms with Crippen LogP contribution in [0.3, 0.4) is 0 Å². The van der Waals surface area contributed by atoms with Crippen LogP contribution in [0.25, 0.3) is 0 Å². The zero-order chi connectivity index (χ0) is 21.2. The lowest BCUT2D eigenvalue weighted by Gasteiger charge is -2.31. The highest BCUT2D eigenvalue weighted by Crippen LogP contribution is 2.27. The number of nitro benzene ring substituents is 1. The smallest absolute Gasteiger partial charge is 0.270 e. The molecule has 1 saturated heterocycles. The minimum absolute atomic E-state index is 0.00153. The molecule has 1 amide bonds. The first kappa shape index (κ1) is 20.6. The molecule has 154 valence electrons. The number of benzene rings is 2. The molecule has 1 atom stereocenters. The van der Waals surface area contributed by atoms with Crippen molar-refractivity contribution in [3.8, 4) is 5.75 Å². The van der Waals surface area contributed by atoms with Gasteiger partial charge in [0, 0.05) is 30.9 Å². The Hall–Kier alpha value is -3.14. The van der Waals surface area contributed by atoms with E-state index in [1.54, 1.807) is 4.90 Å². The van der Waals surface area contributed by atoms with Gasteiger partial charge < -0.3 is 10.0 Å². The molecular formula is C19H21N3O6S. The summed E-state index contributed by atoms with van der Waals surface area (Å²) in [5.74, 6) is -0.262. The van der Waals surface area contributed by atoms with Crippen molar-refractivity contribution in [1.82, 2.24) is 4.90 Å². The van der Waals surface area contributed by atoms with E-state index in [0.717, 1.165) is 18.9 Å². The summed E-state index contributed by atoms with van der Waals surface area (Å²) >= 11 is 0. The molecule has 29 heavy (non-hydrogen) atoms. The lowest BCUT2D eigenvalue weighted by molar-refractivity contribution is -0.385. The SMILES string of the molecule is C[C@@H]1CCCN(C(=O)c2cc(NS(=O)(=O)c3cccc([N+](=O)[O-])c3)ccc2O)C1. The second kappa shape index (κ2) is 8.08. The number of aromatic hydroxyl groups is 1. The third kappa shape index (κ3) is 4.65. The fraction of sp³-hybridized carbons (Fsp3) is 0.316. The van der Waals surface area contributed by atoms with E-state index in [0.29, 0.717) is 19.0 Å². The van der Waals surface area contributed by atoms with Gasteiger partial charge in [-0.2, -0.15) is 0 Å². The number of piperidine rings is 1. The Balaban J connectivity index is 1.86. The summed E-state index contributed by atoms with van der Waals surface area (Å²) in [6.07, 6.45) is 1.89. The minimum Gasteiger partial charge on any atom is -0.507 e. The molecule has 0 spiro atoms. The number of hydrogen-bond acceptors (Lipinski definition) is 6. The Morgan fingerprint density at radius 3 is 2.72 bits per heavy atom. The molecule has 3 rings (SSSR count). The van der Waals surface area contributed by atoms with Crippen molar-refractivity contribution in [3.05, 3.63) is 58.1 Å². The van der Waals surface area contributed by atoms with Crippen LogP contribution in [0, 0.1) is 16.0 Å². The van der Waals surface area contributed by atoms with Crippen LogP contribution in [0.4, 0.5) is 11.4 Å². The van der Waals surface area contributed by atoms with Gasteiger partial charge in [0.15, 0.2) is 0 Å². The van der Waals surface area contributed by atoms with Gasteiger partial charge in [0.25, 0.3) is 21.6 Å². The maximum Gasteiger partial charge on any atom is 0.270 e. The van der Waals surface area contributed by atoms with Crippen LogP contribution in [-0.2, 0) is 10.0 Å². The average molecular weight is 419 g/mol. The number of nitrogens with zero attached hydrogens (tertiary/aromatic N) is 2. The zero-order valence-corrected chi connectivity index (χ0v) is 16.6. The number of sulfonamides is 1. The van der Waals surface area contributed by atoms with Crippen LogP contribution in [0.1, 0.15) is 30.1 Å². The van der Waals surface area contributed by atoms with Crippen molar-refractivity contribution in [2.75, 3.05) is 17.8 Å². The van der Waals surface area contributed by atoms with Gasteiger partial charge in [-0.05, 0) is 43.0 Å². The van der Waals surface area contributed by atoms with E-state index in [4.69, 9.17) is 0 Å². The number of nitrogens with one attached hydrogen (secondary N) is 1. The highest BCUT2D eigenvalue weighted by molar-refractivity contribution is 7.92. The lowest BCUT2D eigenvalue weighted by atomic mass is 9.99. The first-order valence-electron chi connectivity index (χ1n) is 9.07. The van der Waals surface area contributed by atoms with Crippen LogP contribution in [0.5, 0.6) is 5.75 Å². The fourth-order valence-electron chi connectivity index (χ4n) is 3.29. The van der Waals surface area contributed by atoms with Crippen LogP contribution in [0.2, 0.25) is 0 Å². The Morgan fingerprint density at radius 1 is 1.28 bits per heavy atom. The molecular weight excluding hydrogens is 398 g/mol. The first-order valence-corrected chi connectivity index (χ1v) is 10.6. The number of hydrogen-bond donors (Lipinski definition) is 2. The predicted octanol–water partition coefficient (Wildman–Crippen LogP) is 2.97. The third-order valence-electron chi connectivity index (χ3n) is 4.76. The number of rotatable bonds is 5. The zero-order valence-electron chi connectivity index (χ0n) is 15.7. The topological polar surface area (TPSA) is 130 Å². The van der Waals surface area contributed by atoms with E-state index in [9.17, 15) is 28.4 Å². The second-order valence-electron chi connectivity index (χ2n) is 7.09. The van der Waals surface area contributed by atoms with Crippen molar-refractivity contribution < 1.29 is 23.2 Å². The van der Waals surface area contributed by atoms with Crippen LogP contribution < -0.4 is 4.72 Å². The van der Waals surface area contributed by atoms with Crippen LogP contribution >= 0.6 is 0 Å². The van der Waals surface area contributed by atoms with Gasteiger partial charge in [-0.15, -0.1) is 0 Å². The molecule has 0 bridgehead atoms. The molecule has 0 unspecified atom stereocenters. The summed E-state index contributed by atoms with van der Waals surface area (Å²) in [6.45, 7) is 3.19. The molecule has 0 radical (unpaired) electrons. The predicted molar refractivity (Wildman–Crippen MR) is 106 cm³/mol. The normalized spacial score (nSPS) is 17.0. The van der Waals surface area contributed by atoms with E-state index in [-0.39, 0.29) is 33.5 Å². The summed E-state index contributed by atoms with van der Waals surface area (Å²) in [7, 11) is -4.12. The number of non-ortho nitro benzene ring substituents is 1. The second-order valence-corrected chi connectivity index (χ2v) is 8.77. The van der Waals surface area contributed by atoms with E-state index in [1.807, 2.05) is 6.92 Å². The van der Waals surface area contributed by atoms with Crippen molar-refractivity contribution in [3.63, 3.8) is 0 Å². The monoisotopic (exact) mass is 419 g/mol. The minimum atomic E-state index is -4.12. The van der Waals surface area contributed by atoms with Gasteiger partial charge in [-0.1, -0.05) is 13.0 Å². The van der Waals surface area contributed by atoms with Crippen molar-refractivity contribution in [1.29, 1.82) is 0 Å². The number of phenols is 1. The number of carbonyl (C=O) groups is 1. The Morgan fingerprint density at radius 2 is 2.03 bits per heavy atom. The quantitative estimate of drug-likeness (QED) is 0.435. The third-order valence-corrected chi connectivity index (χ3v) is 6.14. The summed E-state index contributed by atoms with van der Waals surface area (Å²) in [5, 5.41) is 21.0. The molecule has 2 aromatic carbocycles. The lowest BCUT2D eigenvalue weighted by Crippen LogP contribution is -2.39. The van der Waals surface area contributed by atoms with Crippen LogP contribution in [0.15, 0.2) is 47.4 Å². The van der Waals surface area contributed by atoms with E-state index in [2.05, 4.69) is 4.72 Å². The average Bonchev–Trinajstić information content (AvgIpc) is 2.69. The van der Waals surface area contributed by atoms with Crippen molar-refractivity contribution in [2.24, 2.45) is 5.92 Å². The molecule has 1 heterocycles. The Labute approximate surface area is 168 Å². The molecule has 2 N–H and O–H groups in total. The van der Waals surface area contributed by atoms with E-state index in [1.165, 1.54) is 36.4 Å². The molecule has 1 fully saturated rings. The van der Waals surface area contributed by atoms with E-state index >= 15 is 0 Å². The highest BCUT2D eigenvalue weighted by Gasteiger charge is 2.25. The highest BCUT2D eigenvalue weighted by atomic mass is 32.2. The molecule has 0 aliphatic carbocycles. The van der Waals surface area contributed by atoms with Gasteiger partial charge in [-0.25, -0.2) is 8.42 Å². The number of anilines is 1. The number of likely N-dealkylation sites (tertiary alicyclic amines) is 1. The molecule has 1 aliphatic heterocycles. The van der Waals surface area contributed by atoms with Gasteiger partial charge in [-0.3, -0.25) is 19.6 Å².